The average Bonchev–Trinajstić information content (AvgIpc) is 2.94. The van der Waals surface area contributed by atoms with Gasteiger partial charge in [0, 0.05) is 19.8 Å². The van der Waals surface area contributed by atoms with Gasteiger partial charge in [-0.15, -0.1) is 0 Å². The van der Waals surface area contributed by atoms with Crippen LogP contribution in [-0.2, 0) is 6.61 Å². The molecule has 15 heavy (non-hydrogen) atoms. The molecule has 0 bridgehead atoms. The summed E-state index contributed by atoms with van der Waals surface area (Å²) in [5.74, 6) is 2.71. The van der Waals surface area contributed by atoms with Crippen LogP contribution in [0, 0.1) is 11.8 Å². The van der Waals surface area contributed by atoms with E-state index in [1.807, 2.05) is 12.1 Å². The number of hydrogen-bond acceptors (Lipinski definition) is 3. The number of rotatable bonds is 4. The summed E-state index contributed by atoms with van der Waals surface area (Å²) < 4.78 is 0. The minimum absolute atomic E-state index is 0.0661. The third-order valence-corrected chi connectivity index (χ3v) is 3.17. The van der Waals surface area contributed by atoms with E-state index < -0.39 is 0 Å². The van der Waals surface area contributed by atoms with Crippen molar-refractivity contribution in [2.75, 3.05) is 18.5 Å². The molecule has 0 amide bonds. The molecule has 3 nitrogen and oxygen atoms in total. The molecule has 2 unspecified atom stereocenters. The summed E-state index contributed by atoms with van der Waals surface area (Å²) in [6.45, 7) is 3.45. The molecule has 1 aliphatic rings. The molecule has 1 aromatic heterocycles. The lowest BCUT2D eigenvalue weighted by Gasteiger charge is -2.18. The summed E-state index contributed by atoms with van der Waals surface area (Å²) in [5, 5.41) is 8.90. The molecule has 0 aromatic carbocycles. The molecule has 1 heterocycles. The first-order valence-electron chi connectivity index (χ1n) is 5.47. The number of hydrogen-bond donors (Lipinski definition) is 1. The molecule has 1 N–H and O–H groups in total. The first-order chi connectivity index (χ1) is 7.20. The predicted octanol–water partition coefficient (Wildman–Crippen LogP) is 1.67. The Morgan fingerprint density at radius 1 is 1.53 bits per heavy atom. The van der Waals surface area contributed by atoms with Crippen LogP contribution < -0.4 is 4.90 Å². The summed E-state index contributed by atoms with van der Waals surface area (Å²) in [4.78, 5) is 6.51. The van der Waals surface area contributed by atoms with Crippen molar-refractivity contribution in [3.8, 4) is 0 Å². The average molecular weight is 206 g/mol. The zero-order chi connectivity index (χ0) is 10.8. The summed E-state index contributed by atoms with van der Waals surface area (Å²) in [5.41, 5.74) is 0.868. The van der Waals surface area contributed by atoms with Gasteiger partial charge in [-0.2, -0.15) is 0 Å². The molecule has 1 fully saturated rings. The molecular weight excluding hydrogens is 188 g/mol. The Kier molecular flexibility index (Phi) is 2.91. The van der Waals surface area contributed by atoms with Crippen LogP contribution in [0.1, 0.15) is 18.9 Å². The topological polar surface area (TPSA) is 36.4 Å². The lowest BCUT2D eigenvalue weighted by atomic mass is 10.3. The van der Waals surface area contributed by atoms with Crippen molar-refractivity contribution in [2.45, 2.75) is 20.0 Å². The van der Waals surface area contributed by atoms with Gasteiger partial charge in [0.15, 0.2) is 0 Å². The van der Waals surface area contributed by atoms with Crippen molar-refractivity contribution < 1.29 is 5.11 Å². The number of aliphatic hydroxyl groups is 1. The smallest absolute Gasteiger partial charge is 0.128 e. The van der Waals surface area contributed by atoms with E-state index in [-0.39, 0.29) is 6.61 Å². The van der Waals surface area contributed by atoms with Gasteiger partial charge in [0.25, 0.3) is 0 Å². The third-order valence-electron chi connectivity index (χ3n) is 3.17. The largest absolute Gasteiger partial charge is 0.392 e. The van der Waals surface area contributed by atoms with Crippen LogP contribution in [0.25, 0.3) is 0 Å². The lowest BCUT2D eigenvalue weighted by Crippen LogP contribution is -2.21. The van der Waals surface area contributed by atoms with Gasteiger partial charge < -0.3 is 10.0 Å². The van der Waals surface area contributed by atoms with E-state index >= 15 is 0 Å². The molecule has 0 aliphatic heterocycles. The Bertz CT molecular complexity index is 323. The third kappa shape index (κ3) is 2.48. The normalized spacial score (nSPS) is 23.9. The van der Waals surface area contributed by atoms with Crippen LogP contribution in [0.5, 0.6) is 0 Å². The molecule has 3 heteroatoms. The lowest BCUT2D eigenvalue weighted by molar-refractivity contribution is 0.281. The van der Waals surface area contributed by atoms with Gasteiger partial charge in [-0.3, -0.25) is 0 Å². The van der Waals surface area contributed by atoms with Gasteiger partial charge in [0.1, 0.15) is 5.82 Å². The van der Waals surface area contributed by atoms with E-state index in [4.69, 9.17) is 5.11 Å². The molecule has 2 rings (SSSR count). The molecule has 1 aliphatic carbocycles. The monoisotopic (exact) mass is 206 g/mol. The summed E-state index contributed by atoms with van der Waals surface area (Å²) in [6, 6.07) is 3.90. The highest BCUT2D eigenvalue weighted by molar-refractivity contribution is 5.38. The highest BCUT2D eigenvalue weighted by atomic mass is 16.3. The zero-order valence-electron chi connectivity index (χ0n) is 9.35. The van der Waals surface area contributed by atoms with Crippen LogP contribution >= 0.6 is 0 Å². The second kappa shape index (κ2) is 4.19. The fraction of sp³-hybridized carbons (Fsp3) is 0.583. The van der Waals surface area contributed by atoms with Crippen LogP contribution in [-0.4, -0.2) is 23.7 Å². The second-order valence-corrected chi connectivity index (χ2v) is 4.54. The molecule has 2 atom stereocenters. The Morgan fingerprint density at radius 3 is 2.73 bits per heavy atom. The highest BCUT2D eigenvalue weighted by Gasteiger charge is 2.33. The minimum atomic E-state index is 0.0661. The standard InChI is InChI=1S/C12H18N2O/c1-9-5-11(9)7-14(2)12-4-3-10(8-15)6-13-12/h3-4,6,9,11,15H,5,7-8H2,1-2H3. The Hall–Kier alpha value is -1.09. The van der Waals surface area contributed by atoms with Crippen molar-refractivity contribution in [3.63, 3.8) is 0 Å². The number of anilines is 1. The maximum atomic E-state index is 8.90. The van der Waals surface area contributed by atoms with Crippen molar-refractivity contribution in [3.05, 3.63) is 23.9 Å². The van der Waals surface area contributed by atoms with Crippen LogP contribution in [0.2, 0.25) is 0 Å². The molecule has 0 saturated heterocycles. The number of pyridine rings is 1. The summed E-state index contributed by atoms with van der Waals surface area (Å²) in [6.07, 6.45) is 3.08. The molecule has 0 spiro atoms. The molecular formula is C12H18N2O. The van der Waals surface area contributed by atoms with Gasteiger partial charge >= 0.3 is 0 Å². The van der Waals surface area contributed by atoms with Crippen molar-refractivity contribution >= 4 is 5.82 Å². The molecule has 82 valence electrons. The zero-order valence-corrected chi connectivity index (χ0v) is 9.35. The van der Waals surface area contributed by atoms with Gasteiger partial charge in [-0.25, -0.2) is 4.98 Å². The van der Waals surface area contributed by atoms with Gasteiger partial charge in [0.05, 0.1) is 6.61 Å². The predicted molar refractivity (Wildman–Crippen MR) is 60.7 cm³/mol. The summed E-state index contributed by atoms with van der Waals surface area (Å²) >= 11 is 0. The van der Waals surface area contributed by atoms with Crippen LogP contribution in [0.3, 0.4) is 0 Å². The SMILES string of the molecule is CC1CC1CN(C)c1ccc(CO)cn1. The van der Waals surface area contributed by atoms with Crippen molar-refractivity contribution in [2.24, 2.45) is 11.8 Å². The Labute approximate surface area is 90.8 Å². The fourth-order valence-corrected chi connectivity index (χ4v) is 1.83. The quantitative estimate of drug-likeness (QED) is 0.814. The molecule has 0 radical (unpaired) electrons. The van der Waals surface area contributed by atoms with Crippen molar-refractivity contribution in [1.82, 2.24) is 4.98 Å². The molecule has 1 saturated carbocycles. The van der Waals surface area contributed by atoms with Crippen LogP contribution in [0.15, 0.2) is 18.3 Å². The van der Waals surface area contributed by atoms with Gasteiger partial charge in [-0.1, -0.05) is 13.0 Å². The van der Waals surface area contributed by atoms with E-state index in [0.29, 0.717) is 0 Å². The maximum absolute atomic E-state index is 8.90. The van der Waals surface area contributed by atoms with E-state index in [2.05, 4.69) is 23.9 Å². The Balaban J connectivity index is 1.95. The first kappa shape index (κ1) is 10.4. The fourth-order valence-electron chi connectivity index (χ4n) is 1.83. The van der Waals surface area contributed by atoms with Gasteiger partial charge in [0.2, 0.25) is 0 Å². The Morgan fingerprint density at radius 2 is 2.27 bits per heavy atom. The van der Waals surface area contributed by atoms with Crippen LogP contribution in [0.4, 0.5) is 5.82 Å². The van der Waals surface area contributed by atoms with Crippen molar-refractivity contribution in [1.29, 1.82) is 0 Å². The minimum Gasteiger partial charge on any atom is -0.392 e. The number of aromatic nitrogens is 1. The maximum Gasteiger partial charge on any atom is 0.128 e. The molecule has 1 aromatic rings. The van der Waals surface area contributed by atoms with E-state index in [1.54, 1.807) is 6.20 Å². The number of nitrogens with zero attached hydrogens (tertiary/aromatic N) is 2. The van der Waals surface area contributed by atoms with E-state index in [0.717, 1.165) is 29.8 Å². The highest BCUT2D eigenvalue weighted by Crippen LogP contribution is 2.38. The van der Waals surface area contributed by atoms with E-state index in [1.165, 1.54) is 6.42 Å². The second-order valence-electron chi connectivity index (χ2n) is 4.54. The number of aliphatic hydroxyl groups excluding tert-OH is 1. The van der Waals surface area contributed by atoms with E-state index in [9.17, 15) is 0 Å². The van der Waals surface area contributed by atoms with Gasteiger partial charge in [-0.05, 0) is 29.9 Å². The summed E-state index contributed by atoms with van der Waals surface area (Å²) in [7, 11) is 2.08. The first-order valence-corrected chi connectivity index (χ1v) is 5.47.